The van der Waals surface area contributed by atoms with Crippen molar-refractivity contribution in [2.45, 2.75) is 10.2 Å². The Bertz CT molecular complexity index is 1100. The molecular formula is C23H13BrO2. The summed E-state index contributed by atoms with van der Waals surface area (Å²) in [6.07, 6.45) is 0. The van der Waals surface area contributed by atoms with Gasteiger partial charge >= 0.3 is 0 Å². The first-order chi connectivity index (χ1) is 12.7. The molecule has 0 aromatic heterocycles. The normalized spacial score (nSPS) is 29.8. The molecule has 0 fully saturated rings. The second kappa shape index (κ2) is 4.41. The van der Waals surface area contributed by atoms with Crippen LogP contribution in [-0.4, -0.2) is 11.6 Å². The molecule has 0 saturated carbocycles. The average Bonchev–Trinajstić information content (AvgIpc) is 3.18. The fourth-order valence-corrected chi connectivity index (χ4v) is 6.83. The van der Waals surface area contributed by atoms with Crippen LogP contribution in [0.2, 0.25) is 0 Å². The molecule has 0 spiro atoms. The second-order valence-electron chi connectivity index (χ2n) is 7.26. The Kier molecular flexibility index (Phi) is 2.48. The molecule has 0 saturated heterocycles. The monoisotopic (exact) mass is 400 g/mol. The minimum Gasteiger partial charge on any atom is -0.293 e. The van der Waals surface area contributed by atoms with Gasteiger partial charge in [0, 0.05) is 11.1 Å². The predicted octanol–water partition coefficient (Wildman–Crippen LogP) is 4.85. The third kappa shape index (κ3) is 1.18. The molecule has 3 aromatic rings. The van der Waals surface area contributed by atoms with Gasteiger partial charge in [-0.2, -0.15) is 0 Å². The minimum atomic E-state index is -1.16. The summed E-state index contributed by atoms with van der Waals surface area (Å²) < 4.78 is 0. The van der Waals surface area contributed by atoms with Crippen LogP contribution in [0.5, 0.6) is 0 Å². The molecule has 0 aliphatic heterocycles. The van der Waals surface area contributed by atoms with Crippen molar-refractivity contribution >= 4 is 27.5 Å². The largest absolute Gasteiger partial charge is 0.293 e. The predicted molar refractivity (Wildman–Crippen MR) is 102 cm³/mol. The van der Waals surface area contributed by atoms with Crippen LogP contribution >= 0.6 is 15.9 Å². The van der Waals surface area contributed by atoms with E-state index < -0.39 is 10.8 Å². The van der Waals surface area contributed by atoms with Crippen molar-refractivity contribution in [3.8, 4) is 0 Å². The highest BCUT2D eigenvalue weighted by atomic mass is 79.9. The molecule has 0 amide bonds. The molecule has 0 heterocycles. The number of ketones is 2. The first kappa shape index (κ1) is 14.6. The Balaban J connectivity index is 1.92. The van der Waals surface area contributed by atoms with E-state index in [1.165, 1.54) is 0 Å². The van der Waals surface area contributed by atoms with Crippen molar-refractivity contribution < 1.29 is 9.59 Å². The third-order valence-electron chi connectivity index (χ3n) is 6.48. The van der Waals surface area contributed by atoms with Gasteiger partial charge in [-0.15, -0.1) is 0 Å². The van der Waals surface area contributed by atoms with Crippen LogP contribution in [0.4, 0.5) is 0 Å². The zero-order valence-corrected chi connectivity index (χ0v) is 15.3. The fraction of sp³-hybridized carbons (Fsp3) is 0.130. The van der Waals surface area contributed by atoms with E-state index >= 15 is 0 Å². The number of fused-ring (bicyclic) bond motifs is 3. The highest BCUT2D eigenvalue weighted by Gasteiger charge is 2.78. The highest BCUT2D eigenvalue weighted by molar-refractivity contribution is 9.09. The number of alkyl halides is 1. The van der Waals surface area contributed by atoms with Gasteiger partial charge in [-0.1, -0.05) is 88.7 Å². The van der Waals surface area contributed by atoms with E-state index in [0.717, 1.165) is 22.3 Å². The summed E-state index contributed by atoms with van der Waals surface area (Å²) >= 11 is 3.79. The Labute approximate surface area is 159 Å². The van der Waals surface area contributed by atoms with E-state index in [2.05, 4.69) is 22.0 Å². The molecule has 3 aliphatic carbocycles. The number of benzene rings is 3. The van der Waals surface area contributed by atoms with E-state index in [1.54, 1.807) is 0 Å². The molecule has 3 heteroatoms. The molecule has 1 unspecified atom stereocenters. The van der Waals surface area contributed by atoms with Gasteiger partial charge < -0.3 is 0 Å². The number of Topliss-reactive ketones (excluding diaryl/α,β-unsaturated/α-hetero) is 2. The molecule has 124 valence electrons. The topological polar surface area (TPSA) is 34.1 Å². The number of hydrogen-bond acceptors (Lipinski definition) is 2. The second-order valence-corrected chi connectivity index (χ2v) is 8.17. The van der Waals surface area contributed by atoms with Crippen molar-refractivity contribution in [1.82, 2.24) is 0 Å². The quantitative estimate of drug-likeness (QED) is 0.399. The Morgan fingerprint density at radius 1 is 0.654 bits per heavy atom. The first-order valence-electron chi connectivity index (χ1n) is 8.69. The summed E-state index contributed by atoms with van der Waals surface area (Å²) in [5.74, 6) is -0.125. The maximum absolute atomic E-state index is 13.8. The molecule has 3 aromatic carbocycles. The Hall–Kier alpha value is -2.52. The van der Waals surface area contributed by atoms with Crippen LogP contribution in [0.25, 0.3) is 0 Å². The summed E-state index contributed by atoms with van der Waals surface area (Å²) in [5, 5.41) is 0. The highest BCUT2D eigenvalue weighted by Crippen LogP contribution is 2.75. The maximum atomic E-state index is 13.8. The number of carbonyl (C=O) groups excluding carboxylic acids is 2. The molecule has 2 nitrogen and oxygen atoms in total. The van der Waals surface area contributed by atoms with E-state index in [9.17, 15) is 9.59 Å². The van der Waals surface area contributed by atoms with Crippen molar-refractivity contribution in [3.63, 3.8) is 0 Å². The van der Waals surface area contributed by atoms with E-state index in [1.807, 2.05) is 66.7 Å². The lowest BCUT2D eigenvalue weighted by Gasteiger charge is -2.35. The van der Waals surface area contributed by atoms with Crippen molar-refractivity contribution in [2.24, 2.45) is 5.41 Å². The Morgan fingerprint density at radius 3 is 1.69 bits per heavy atom. The van der Waals surface area contributed by atoms with Gasteiger partial charge in [-0.3, -0.25) is 9.59 Å². The minimum absolute atomic E-state index is 0.0626. The van der Waals surface area contributed by atoms with Crippen LogP contribution in [0.3, 0.4) is 0 Å². The van der Waals surface area contributed by atoms with Crippen molar-refractivity contribution in [3.05, 3.63) is 106 Å². The van der Waals surface area contributed by atoms with Gasteiger partial charge in [-0.25, -0.2) is 0 Å². The standard InChI is InChI=1S/C23H13BrO2/c24-19-13-7-1-4-10-16(13)22-17-11-5-2-8-14(17)20(25)23(19,22)21(26)15-9-3-6-12-18(15)22/h1-12,19H. The SMILES string of the molecule is O=C1c2ccccc2C23c4ccccc4C(=O)C12C(Br)c1ccccc13. The van der Waals surface area contributed by atoms with Gasteiger partial charge in [0.15, 0.2) is 11.6 Å². The molecule has 6 rings (SSSR count). The van der Waals surface area contributed by atoms with Crippen LogP contribution in [0.1, 0.15) is 47.8 Å². The van der Waals surface area contributed by atoms with Gasteiger partial charge in [0.2, 0.25) is 0 Å². The fourth-order valence-electron chi connectivity index (χ4n) is 5.67. The molecule has 0 N–H and O–H groups in total. The third-order valence-corrected chi connectivity index (χ3v) is 7.66. The van der Waals surface area contributed by atoms with Crippen molar-refractivity contribution in [2.75, 3.05) is 0 Å². The molecule has 1 atom stereocenters. The average molecular weight is 401 g/mol. The summed E-state index contributed by atoms with van der Waals surface area (Å²) in [7, 11) is 0. The Morgan fingerprint density at radius 2 is 1.12 bits per heavy atom. The van der Waals surface area contributed by atoms with Gasteiger partial charge in [-0.05, 0) is 22.3 Å². The summed E-state index contributed by atoms with van der Waals surface area (Å²) in [5.41, 5.74) is 3.47. The lowest BCUT2D eigenvalue weighted by atomic mass is 9.63. The molecule has 3 aliphatic rings. The first-order valence-corrected chi connectivity index (χ1v) is 9.60. The summed E-state index contributed by atoms with van der Waals surface area (Å²) in [6, 6.07) is 23.6. The number of hydrogen-bond donors (Lipinski definition) is 0. The van der Waals surface area contributed by atoms with Crippen LogP contribution < -0.4 is 0 Å². The van der Waals surface area contributed by atoms with Gasteiger partial charge in [0.1, 0.15) is 5.41 Å². The lowest BCUT2D eigenvalue weighted by Crippen LogP contribution is -2.45. The summed E-state index contributed by atoms with van der Waals surface area (Å²) in [6.45, 7) is 0. The smallest absolute Gasteiger partial charge is 0.180 e. The maximum Gasteiger partial charge on any atom is 0.180 e. The van der Waals surface area contributed by atoms with Crippen LogP contribution in [0.15, 0.2) is 72.8 Å². The van der Waals surface area contributed by atoms with E-state index in [0.29, 0.717) is 11.1 Å². The van der Waals surface area contributed by atoms with E-state index in [4.69, 9.17) is 0 Å². The molecule has 26 heavy (non-hydrogen) atoms. The zero-order valence-electron chi connectivity index (χ0n) is 13.7. The van der Waals surface area contributed by atoms with Gasteiger partial charge in [0.05, 0.1) is 10.2 Å². The molecule has 0 bridgehead atoms. The molecular weight excluding hydrogens is 388 g/mol. The zero-order chi connectivity index (χ0) is 17.7. The number of halogens is 1. The lowest BCUT2D eigenvalue weighted by molar-refractivity contribution is 0.0662. The van der Waals surface area contributed by atoms with Crippen LogP contribution in [-0.2, 0) is 5.41 Å². The molecule has 0 radical (unpaired) electrons. The number of rotatable bonds is 0. The summed E-state index contributed by atoms with van der Waals surface area (Å²) in [4.78, 5) is 27.2. The van der Waals surface area contributed by atoms with Crippen LogP contribution in [0, 0.1) is 5.41 Å². The van der Waals surface area contributed by atoms with E-state index in [-0.39, 0.29) is 16.4 Å². The van der Waals surface area contributed by atoms with Crippen molar-refractivity contribution in [1.29, 1.82) is 0 Å². The van der Waals surface area contributed by atoms with Gasteiger partial charge in [0.25, 0.3) is 0 Å². The number of carbonyl (C=O) groups is 2.